The number of hydrogen-bond donors (Lipinski definition) is 1. The summed E-state index contributed by atoms with van der Waals surface area (Å²) >= 11 is 0. The van der Waals surface area contributed by atoms with Crippen LogP contribution in [-0.2, 0) is 0 Å². The average Bonchev–Trinajstić information content (AvgIpc) is 2.39. The van der Waals surface area contributed by atoms with Crippen molar-refractivity contribution in [3.63, 3.8) is 0 Å². The molecule has 0 aliphatic carbocycles. The first-order valence-corrected chi connectivity index (χ1v) is 4.77. The summed E-state index contributed by atoms with van der Waals surface area (Å²) in [4.78, 5) is 22.9. The Morgan fingerprint density at radius 3 is 2.82 bits per heavy atom. The van der Waals surface area contributed by atoms with Crippen LogP contribution < -0.4 is 4.74 Å². The highest BCUT2D eigenvalue weighted by Gasteiger charge is 2.15. The number of carboxylic acids is 1. The van der Waals surface area contributed by atoms with Crippen molar-refractivity contribution in [3.8, 4) is 17.1 Å². The normalized spacial score (nSPS) is 9.94. The van der Waals surface area contributed by atoms with Gasteiger partial charge in [-0.2, -0.15) is 0 Å². The lowest BCUT2D eigenvalue weighted by Crippen LogP contribution is -2.06. The van der Waals surface area contributed by atoms with Crippen molar-refractivity contribution in [2.45, 2.75) is 0 Å². The smallest absolute Gasteiger partial charge is 0.358 e. The Hall–Kier alpha value is -2.50. The van der Waals surface area contributed by atoms with Crippen LogP contribution in [0.25, 0.3) is 11.4 Å². The molecule has 0 spiro atoms. The van der Waals surface area contributed by atoms with E-state index in [2.05, 4.69) is 15.0 Å². The predicted molar refractivity (Wildman–Crippen MR) is 58.8 cm³/mol. The van der Waals surface area contributed by atoms with Crippen molar-refractivity contribution in [1.29, 1.82) is 0 Å². The highest BCUT2D eigenvalue weighted by molar-refractivity contribution is 5.88. The summed E-state index contributed by atoms with van der Waals surface area (Å²) in [6, 6.07) is 3.48. The summed E-state index contributed by atoms with van der Waals surface area (Å²) in [6.45, 7) is 0. The van der Waals surface area contributed by atoms with Crippen LogP contribution in [0.2, 0.25) is 0 Å². The van der Waals surface area contributed by atoms with Crippen LogP contribution in [0.5, 0.6) is 5.75 Å². The summed E-state index contributed by atoms with van der Waals surface area (Å²) in [7, 11) is 1.37. The highest BCUT2D eigenvalue weighted by Crippen LogP contribution is 2.19. The second-order valence-electron chi connectivity index (χ2n) is 3.16. The summed E-state index contributed by atoms with van der Waals surface area (Å²) in [5.74, 6) is -0.726. The molecule has 0 saturated carbocycles. The van der Waals surface area contributed by atoms with Crippen molar-refractivity contribution in [3.05, 3.63) is 36.4 Å². The van der Waals surface area contributed by atoms with Crippen LogP contribution >= 0.6 is 0 Å². The maximum Gasteiger partial charge on any atom is 0.358 e. The van der Waals surface area contributed by atoms with Crippen molar-refractivity contribution in [2.24, 2.45) is 0 Å². The molecule has 6 nitrogen and oxygen atoms in total. The topological polar surface area (TPSA) is 85.2 Å². The van der Waals surface area contributed by atoms with Crippen molar-refractivity contribution in [1.82, 2.24) is 15.0 Å². The molecule has 0 radical (unpaired) electrons. The van der Waals surface area contributed by atoms with E-state index in [0.717, 1.165) is 0 Å². The maximum absolute atomic E-state index is 11.0. The summed E-state index contributed by atoms with van der Waals surface area (Å²) in [6.07, 6.45) is 4.51. The Kier molecular flexibility index (Phi) is 2.95. The molecule has 0 aliphatic rings. The standard InChI is InChI=1S/C11H9N3O3/c1-17-8-6-13-10(14-9(8)11(15)16)7-3-2-4-12-5-7/h2-6H,1H3,(H,15,16). The van der Waals surface area contributed by atoms with Gasteiger partial charge in [0.1, 0.15) is 0 Å². The van der Waals surface area contributed by atoms with Crippen molar-refractivity contribution in [2.75, 3.05) is 7.11 Å². The van der Waals surface area contributed by atoms with E-state index in [4.69, 9.17) is 9.84 Å². The van der Waals surface area contributed by atoms with Gasteiger partial charge in [0.25, 0.3) is 0 Å². The second-order valence-corrected chi connectivity index (χ2v) is 3.16. The minimum absolute atomic E-state index is 0.130. The van der Waals surface area contributed by atoms with Gasteiger partial charge in [-0.25, -0.2) is 14.8 Å². The number of hydrogen-bond acceptors (Lipinski definition) is 5. The van der Waals surface area contributed by atoms with E-state index < -0.39 is 5.97 Å². The van der Waals surface area contributed by atoms with E-state index in [1.165, 1.54) is 13.3 Å². The summed E-state index contributed by atoms with van der Waals surface area (Å²) < 4.78 is 4.88. The zero-order valence-electron chi connectivity index (χ0n) is 8.99. The number of aromatic nitrogens is 3. The Balaban J connectivity index is 2.51. The van der Waals surface area contributed by atoms with Crippen molar-refractivity contribution >= 4 is 5.97 Å². The van der Waals surface area contributed by atoms with Gasteiger partial charge in [-0.3, -0.25) is 4.98 Å². The molecule has 0 fully saturated rings. The van der Waals surface area contributed by atoms with E-state index in [-0.39, 0.29) is 11.4 Å². The summed E-state index contributed by atoms with van der Waals surface area (Å²) in [5, 5.41) is 8.98. The first-order valence-electron chi connectivity index (χ1n) is 4.77. The molecular formula is C11H9N3O3. The van der Waals surface area contributed by atoms with E-state index in [9.17, 15) is 4.79 Å². The number of carboxylic acid groups (broad SMARTS) is 1. The lowest BCUT2D eigenvalue weighted by Gasteiger charge is -2.05. The van der Waals surface area contributed by atoms with Crippen LogP contribution in [0, 0.1) is 0 Å². The molecule has 0 bridgehead atoms. The van der Waals surface area contributed by atoms with Gasteiger partial charge in [0.2, 0.25) is 0 Å². The van der Waals surface area contributed by atoms with Gasteiger partial charge in [-0.05, 0) is 12.1 Å². The van der Waals surface area contributed by atoms with Gasteiger partial charge in [-0.15, -0.1) is 0 Å². The molecule has 0 amide bonds. The molecule has 0 atom stereocenters. The maximum atomic E-state index is 11.0. The molecule has 0 saturated heterocycles. The highest BCUT2D eigenvalue weighted by atomic mass is 16.5. The van der Waals surface area contributed by atoms with Crippen LogP contribution in [0.3, 0.4) is 0 Å². The third kappa shape index (κ3) is 2.20. The quantitative estimate of drug-likeness (QED) is 0.855. The lowest BCUT2D eigenvalue weighted by molar-refractivity contribution is 0.0686. The van der Waals surface area contributed by atoms with E-state index in [0.29, 0.717) is 11.4 Å². The van der Waals surface area contributed by atoms with E-state index in [1.807, 2.05) is 0 Å². The Morgan fingerprint density at radius 1 is 1.41 bits per heavy atom. The molecule has 2 rings (SSSR count). The third-order valence-electron chi connectivity index (χ3n) is 2.10. The minimum atomic E-state index is -1.16. The fourth-order valence-corrected chi connectivity index (χ4v) is 1.31. The third-order valence-corrected chi connectivity index (χ3v) is 2.10. The van der Waals surface area contributed by atoms with E-state index in [1.54, 1.807) is 24.5 Å². The monoisotopic (exact) mass is 231 g/mol. The molecule has 17 heavy (non-hydrogen) atoms. The zero-order valence-corrected chi connectivity index (χ0v) is 8.99. The predicted octanol–water partition coefficient (Wildman–Crippen LogP) is 1.25. The van der Waals surface area contributed by atoms with E-state index >= 15 is 0 Å². The number of methoxy groups -OCH3 is 1. The Morgan fingerprint density at radius 2 is 2.24 bits per heavy atom. The largest absolute Gasteiger partial charge is 0.493 e. The molecule has 0 aromatic carbocycles. The molecule has 2 heterocycles. The SMILES string of the molecule is COc1cnc(-c2cccnc2)nc1C(=O)O. The summed E-state index contributed by atoms with van der Waals surface area (Å²) in [5.41, 5.74) is 0.485. The second kappa shape index (κ2) is 4.56. The lowest BCUT2D eigenvalue weighted by atomic mass is 10.2. The van der Waals surface area contributed by atoms with Crippen molar-refractivity contribution < 1.29 is 14.6 Å². The molecular weight excluding hydrogens is 222 g/mol. The molecule has 2 aromatic heterocycles. The van der Waals surface area contributed by atoms with Gasteiger partial charge < -0.3 is 9.84 Å². The molecule has 86 valence electrons. The number of rotatable bonds is 3. The Labute approximate surface area is 96.9 Å². The van der Waals surface area contributed by atoms with Crippen LogP contribution in [0.15, 0.2) is 30.7 Å². The van der Waals surface area contributed by atoms with Crippen LogP contribution in [-0.4, -0.2) is 33.1 Å². The van der Waals surface area contributed by atoms with Crippen LogP contribution in [0.4, 0.5) is 0 Å². The van der Waals surface area contributed by atoms with Gasteiger partial charge >= 0.3 is 5.97 Å². The molecule has 0 unspecified atom stereocenters. The Bertz CT molecular complexity index is 543. The van der Waals surface area contributed by atoms with Gasteiger partial charge in [0.05, 0.1) is 13.3 Å². The van der Waals surface area contributed by atoms with Crippen LogP contribution in [0.1, 0.15) is 10.5 Å². The molecule has 0 aliphatic heterocycles. The molecule has 2 aromatic rings. The van der Waals surface area contributed by atoms with Gasteiger partial charge in [-0.1, -0.05) is 0 Å². The molecule has 6 heteroatoms. The van der Waals surface area contributed by atoms with Gasteiger partial charge in [0, 0.05) is 18.0 Å². The first kappa shape index (κ1) is 11.0. The number of nitrogens with zero attached hydrogens (tertiary/aromatic N) is 3. The zero-order chi connectivity index (χ0) is 12.3. The first-order chi connectivity index (χ1) is 8.22. The minimum Gasteiger partial charge on any atom is -0.493 e. The molecule has 1 N–H and O–H groups in total. The number of aromatic carboxylic acids is 1. The average molecular weight is 231 g/mol. The number of pyridine rings is 1. The fourth-order valence-electron chi connectivity index (χ4n) is 1.31. The number of carbonyl (C=O) groups is 1. The van der Waals surface area contributed by atoms with Gasteiger partial charge in [0.15, 0.2) is 17.3 Å². The number of ether oxygens (including phenoxy) is 1. The fraction of sp³-hybridized carbons (Fsp3) is 0.0909.